The van der Waals surface area contributed by atoms with Gasteiger partial charge < -0.3 is 10.2 Å². The number of nitrogens with one attached hydrogen (secondary N) is 2. The van der Waals surface area contributed by atoms with E-state index in [1.807, 2.05) is 48.4 Å². The van der Waals surface area contributed by atoms with Gasteiger partial charge in [-0.05, 0) is 49.9 Å². The lowest BCUT2D eigenvalue weighted by Crippen LogP contribution is -2.44. The van der Waals surface area contributed by atoms with Gasteiger partial charge in [0.25, 0.3) is 5.56 Å². The molecule has 8 heteroatoms. The molecule has 0 saturated carbocycles. The number of carbonyl (C=O) groups is 1. The van der Waals surface area contributed by atoms with Gasteiger partial charge in [-0.25, -0.2) is 9.37 Å². The van der Waals surface area contributed by atoms with E-state index < -0.39 is 0 Å². The fourth-order valence-electron chi connectivity index (χ4n) is 4.55. The minimum Gasteiger partial charge on any atom is -0.349 e. The van der Waals surface area contributed by atoms with Crippen LogP contribution in [0, 0.1) is 18.7 Å². The highest BCUT2D eigenvalue weighted by atomic mass is 32.1. The number of aromatic amines is 1. The monoisotopic (exact) mass is 490 g/mol. The molecule has 1 saturated heterocycles. The minimum atomic E-state index is -0.301. The topological polar surface area (TPSA) is 78.1 Å². The summed E-state index contributed by atoms with van der Waals surface area (Å²) in [7, 11) is 0. The maximum atomic E-state index is 13.2. The number of H-pyrrole nitrogens is 1. The molecule has 1 fully saturated rings. The molecule has 1 aliphatic heterocycles. The van der Waals surface area contributed by atoms with Crippen molar-refractivity contribution in [2.75, 3.05) is 18.0 Å². The van der Waals surface area contributed by atoms with E-state index in [1.165, 1.54) is 29.0 Å². The lowest BCUT2D eigenvalue weighted by molar-refractivity contribution is -0.125. The zero-order valence-electron chi connectivity index (χ0n) is 19.7. The summed E-state index contributed by atoms with van der Waals surface area (Å²) < 4.78 is 13.8. The molecule has 180 valence electrons. The van der Waals surface area contributed by atoms with Gasteiger partial charge >= 0.3 is 0 Å². The van der Waals surface area contributed by atoms with E-state index in [2.05, 4.69) is 10.3 Å². The van der Waals surface area contributed by atoms with Gasteiger partial charge in [-0.2, -0.15) is 0 Å². The summed E-state index contributed by atoms with van der Waals surface area (Å²) in [5, 5.41) is 5.03. The second-order valence-corrected chi connectivity index (χ2v) is 10.0. The van der Waals surface area contributed by atoms with Crippen molar-refractivity contribution < 1.29 is 9.18 Å². The van der Waals surface area contributed by atoms with Crippen molar-refractivity contribution in [3.63, 3.8) is 0 Å². The lowest BCUT2D eigenvalue weighted by Gasteiger charge is -2.33. The van der Waals surface area contributed by atoms with E-state index in [1.54, 1.807) is 12.1 Å². The number of amides is 1. The number of aromatic nitrogens is 2. The summed E-state index contributed by atoms with van der Waals surface area (Å²) in [6, 6.07) is 14.1. The van der Waals surface area contributed by atoms with Gasteiger partial charge in [0.05, 0.1) is 17.5 Å². The highest BCUT2D eigenvalue weighted by Crippen LogP contribution is 2.32. The average Bonchev–Trinajstić information content (AvgIpc) is 3.29. The Balaban J connectivity index is 1.36. The summed E-state index contributed by atoms with van der Waals surface area (Å²) >= 11 is 1.39. The molecular weight excluding hydrogens is 463 g/mol. The van der Waals surface area contributed by atoms with Gasteiger partial charge in [0.2, 0.25) is 11.9 Å². The van der Waals surface area contributed by atoms with Crippen LogP contribution in [0.4, 0.5) is 10.3 Å². The number of carbonyl (C=O) groups excluding carboxylic acids is 1. The Kier molecular flexibility index (Phi) is 6.38. The summed E-state index contributed by atoms with van der Waals surface area (Å²) in [5.41, 5.74) is 4.52. The summed E-state index contributed by atoms with van der Waals surface area (Å²) in [6.45, 7) is 5.12. The third-order valence-corrected chi connectivity index (χ3v) is 7.57. The SMILES string of the molecule is Cc1ccc(-c2csc3c(=O)[nH]c(N4CCCC(C(=O)NC(C)c5ccc(F)cc5)C4)nc23)cc1. The molecule has 2 aromatic carbocycles. The smallest absolute Gasteiger partial charge is 0.270 e. The third kappa shape index (κ3) is 4.84. The zero-order chi connectivity index (χ0) is 24.5. The molecule has 0 bridgehead atoms. The molecule has 0 aliphatic carbocycles. The number of anilines is 1. The van der Waals surface area contributed by atoms with Gasteiger partial charge in [-0.3, -0.25) is 14.6 Å². The van der Waals surface area contributed by atoms with Crippen molar-refractivity contribution in [3.8, 4) is 11.1 Å². The molecule has 1 amide bonds. The molecule has 3 heterocycles. The maximum absolute atomic E-state index is 13.2. The number of fused-ring (bicyclic) bond motifs is 1. The Labute approximate surface area is 206 Å². The van der Waals surface area contributed by atoms with E-state index in [0.717, 1.165) is 36.1 Å². The first kappa shape index (κ1) is 23.2. The number of aryl methyl sites for hydroxylation is 1. The van der Waals surface area contributed by atoms with Crippen LogP contribution in [0.3, 0.4) is 0 Å². The third-order valence-electron chi connectivity index (χ3n) is 6.60. The standard InChI is InChI=1S/C27H27FN4O2S/c1-16-5-7-19(8-6-16)22-15-35-24-23(22)30-27(31-26(24)34)32-13-3-4-20(14-32)25(33)29-17(2)18-9-11-21(28)12-10-18/h5-12,15,17,20H,3-4,13-14H2,1-2H3,(H,29,33)(H,30,31,34). The van der Waals surface area contributed by atoms with Crippen LogP contribution in [0.15, 0.2) is 58.7 Å². The summed E-state index contributed by atoms with van der Waals surface area (Å²) in [4.78, 5) is 35.7. The summed E-state index contributed by atoms with van der Waals surface area (Å²) in [6.07, 6.45) is 1.58. The first-order valence-electron chi connectivity index (χ1n) is 11.8. The first-order chi connectivity index (χ1) is 16.9. The molecule has 4 aromatic rings. The van der Waals surface area contributed by atoms with Gasteiger partial charge in [0.1, 0.15) is 10.5 Å². The molecule has 35 heavy (non-hydrogen) atoms. The molecule has 0 radical (unpaired) electrons. The highest BCUT2D eigenvalue weighted by molar-refractivity contribution is 7.17. The Bertz CT molecular complexity index is 1410. The van der Waals surface area contributed by atoms with Crippen molar-refractivity contribution >= 4 is 33.4 Å². The van der Waals surface area contributed by atoms with Crippen LogP contribution in [-0.4, -0.2) is 29.0 Å². The van der Waals surface area contributed by atoms with Crippen molar-refractivity contribution in [2.24, 2.45) is 5.92 Å². The fourth-order valence-corrected chi connectivity index (χ4v) is 5.46. The van der Waals surface area contributed by atoms with E-state index in [4.69, 9.17) is 4.98 Å². The average molecular weight is 491 g/mol. The van der Waals surface area contributed by atoms with Gasteiger partial charge in [0.15, 0.2) is 0 Å². The Morgan fingerprint density at radius 2 is 1.94 bits per heavy atom. The van der Waals surface area contributed by atoms with Gasteiger partial charge in [-0.15, -0.1) is 11.3 Å². The summed E-state index contributed by atoms with van der Waals surface area (Å²) in [5.74, 6) is -0.0827. The molecule has 6 nitrogen and oxygen atoms in total. The molecule has 2 N–H and O–H groups in total. The number of hydrogen-bond acceptors (Lipinski definition) is 5. The predicted octanol–water partition coefficient (Wildman–Crippen LogP) is 5.19. The molecule has 2 unspecified atom stereocenters. The minimum absolute atomic E-state index is 0.0502. The van der Waals surface area contributed by atoms with E-state index >= 15 is 0 Å². The predicted molar refractivity (Wildman–Crippen MR) is 138 cm³/mol. The number of piperidine rings is 1. The van der Waals surface area contributed by atoms with E-state index in [0.29, 0.717) is 22.7 Å². The van der Waals surface area contributed by atoms with Crippen molar-refractivity contribution in [2.45, 2.75) is 32.7 Å². The van der Waals surface area contributed by atoms with Gasteiger partial charge in [-0.1, -0.05) is 42.0 Å². The van der Waals surface area contributed by atoms with Crippen molar-refractivity contribution in [1.29, 1.82) is 0 Å². The fraction of sp³-hybridized carbons (Fsp3) is 0.296. The highest BCUT2D eigenvalue weighted by Gasteiger charge is 2.28. The van der Waals surface area contributed by atoms with E-state index in [9.17, 15) is 14.0 Å². The van der Waals surface area contributed by atoms with Crippen LogP contribution in [-0.2, 0) is 4.79 Å². The second-order valence-electron chi connectivity index (χ2n) is 9.15. The van der Waals surface area contributed by atoms with Crippen LogP contribution < -0.4 is 15.8 Å². The largest absolute Gasteiger partial charge is 0.349 e. The van der Waals surface area contributed by atoms with Crippen LogP contribution >= 0.6 is 11.3 Å². The molecule has 2 atom stereocenters. The number of nitrogens with zero attached hydrogens (tertiary/aromatic N) is 2. The maximum Gasteiger partial charge on any atom is 0.270 e. The number of thiophene rings is 1. The molecular formula is C27H27FN4O2S. The van der Waals surface area contributed by atoms with Crippen molar-refractivity contribution in [3.05, 3.63) is 81.2 Å². The number of halogens is 1. The normalized spacial score (nSPS) is 16.9. The Morgan fingerprint density at radius 1 is 1.20 bits per heavy atom. The molecule has 2 aromatic heterocycles. The first-order valence-corrected chi connectivity index (χ1v) is 12.7. The Morgan fingerprint density at radius 3 is 2.69 bits per heavy atom. The van der Waals surface area contributed by atoms with Crippen LogP contribution in [0.1, 0.15) is 36.9 Å². The second kappa shape index (κ2) is 9.62. The van der Waals surface area contributed by atoms with Crippen LogP contribution in [0.5, 0.6) is 0 Å². The lowest BCUT2D eigenvalue weighted by atomic mass is 9.96. The molecule has 0 spiro atoms. The number of rotatable bonds is 5. The zero-order valence-corrected chi connectivity index (χ0v) is 20.5. The molecule has 1 aliphatic rings. The van der Waals surface area contributed by atoms with Crippen LogP contribution in [0.25, 0.3) is 21.3 Å². The van der Waals surface area contributed by atoms with Gasteiger partial charge in [0, 0.05) is 24.0 Å². The Hall–Kier alpha value is -3.52. The van der Waals surface area contributed by atoms with Crippen LogP contribution in [0.2, 0.25) is 0 Å². The van der Waals surface area contributed by atoms with E-state index in [-0.39, 0.29) is 29.2 Å². The number of hydrogen-bond donors (Lipinski definition) is 2. The quantitative estimate of drug-likeness (QED) is 0.403. The molecule has 5 rings (SSSR count). The van der Waals surface area contributed by atoms with Crippen molar-refractivity contribution in [1.82, 2.24) is 15.3 Å². The number of benzene rings is 2.